The molecule has 0 radical (unpaired) electrons. The monoisotopic (exact) mass is 994 g/mol. The van der Waals surface area contributed by atoms with E-state index in [1.54, 1.807) is 38.1 Å². The van der Waals surface area contributed by atoms with E-state index in [2.05, 4.69) is 37.2 Å². The minimum atomic E-state index is -1.92. The summed E-state index contributed by atoms with van der Waals surface area (Å²) in [6.07, 6.45) is -1.25. The summed E-state index contributed by atoms with van der Waals surface area (Å²) >= 11 is 0. The number of carboxylic acids is 1. The van der Waals surface area contributed by atoms with Crippen LogP contribution in [0.5, 0.6) is 5.75 Å². The third kappa shape index (κ3) is 18.1. The van der Waals surface area contributed by atoms with Crippen molar-refractivity contribution in [2.45, 2.75) is 127 Å². The number of rotatable bonds is 17. The lowest BCUT2D eigenvalue weighted by Crippen LogP contribution is -2.61. The van der Waals surface area contributed by atoms with Gasteiger partial charge >= 0.3 is 5.97 Å². The topological polar surface area (TPSA) is 360 Å². The number of aliphatic hydroxyl groups excluding tert-OH is 1. The van der Waals surface area contributed by atoms with Gasteiger partial charge in [0.05, 0.1) is 25.7 Å². The molecule has 1 aromatic rings. The minimum Gasteiger partial charge on any atom is -0.494 e. The molecule has 9 amide bonds. The fourth-order valence-electron chi connectivity index (χ4n) is 7.25. The number of carbonyl (C=O) groups is 10. The molecule has 68 heavy (non-hydrogen) atoms. The first-order valence-corrected chi connectivity index (χ1v) is 25.0. The molecule has 0 spiro atoms. The Labute approximate surface area is 402 Å². The summed E-state index contributed by atoms with van der Waals surface area (Å²) in [4.78, 5) is 134. The first kappa shape index (κ1) is 56.7. The summed E-state index contributed by atoms with van der Waals surface area (Å²) in [6.45, 7) is 6.65. The van der Waals surface area contributed by atoms with Crippen molar-refractivity contribution in [2.75, 3.05) is 37.7 Å². The zero-order valence-electron chi connectivity index (χ0n) is 38.7. The fraction of sp³-hybridized carbons (Fsp3) is 0.628. The van der Waals surface area contributed by atoms with Gasteiger partial charge in [-0.15, -0.1) is 0 Å². The number of primary amides is 1. The van der Waals surface area contributed by atoms with Crippen molar-refractivity contribution in [3.05, 3.63) is 29.8 Å². The van der Waals surface area contributed by atoms with Gasteiger partial charge in [-0.2, -0.15) is 0 Å². The summed E-state index contributed by atoms with van der Waals surface area (Å²) in [5.41, 5.74) is 11.4. The normalized spacial score (nSPS) is 24.0. The van der Waals surface area contributed by atoms with Crippen molar-refractivity contribution in [3.8, 4) is 5.75 Å². The van der Waals surface area contributed by atoms with Crippen LogP contribution in [0, 0.1) is 5.92 Å². The van der Waals surface area contributed by atoms with Crippen LogP contribution in [0.25, 0.3) is 0 Å². The van der Waals surface area contributed by atoms with E-state index in [1.165, 1.54) is 11.8 Å². The zero-order valence-corrected chi connectivity index (χ0v) is 40.3. The molecule has 2 saturated heterocycles. The van der Waals surface area contributed by atoms with Gasteiger partial charge in [-0.25, -0.2) is 4.79 Å². The number of aliphatic hydroxyl groups is 1. The highest BCUT2D eigenvalue weighted by atomic mass is 33.1. The number of amides is 9. The molecule has 13 N–H and O–H groups in total. The van der Waals surface area contributed by atoms with E-state index >= 15 is 0 Å². The minimum absolute atomic E-state index is 0.00581. The molecule has 2 fully saturated rings. The van der Waals surface area contributed by atoms with E-state index in [0.29, 0.717) is 37.2 Å². The first-order valence-electron chi connectivity index (χ1n) is 22.5. The van der Waals surface area contributed by atoms with E-state index in [0.717, 1.165) is 21.6 Å². The summed E-state index contributed by atoms with van der Waals surface area (Å²) in [7, 11) is 2.25. The standard InChI is InChI=1S/C43H66N10O13S2/c1-5-23(3)35-40(61)52-36(24(4)54)41(62)50-29(43(64)65)20-34(57)48-30(42(63)53-17-8-10-31(53)39(60)49-27(9-7-16-44)37(58)46-21-32(45)55)22-68-67-18-15-33(56)47-28(38(59)51-35)19-25-11-13-26(14-12-25)66-6-2/h11-14,23-24,27-31,35-36,54H,5-10,15-22,44H2,1-4H3,(H2,45,55)(H,46,58)(H,47,56)(H,48,57)(H,49,60)(H,50,62)(H,51,59)(H,52,61)(H,64,65)/t23-,24+,27-,28+,29-,30-,31-,35-,36-/m0/s1. The number of carbonyl (C=O) groups excluding carboxylic acids is 9. The smallest absolute Gasteiger partial charge is 0.326 e. The number of nitrogens with zero attached hydrogens (tertiary/aromatic N) is 1. The molecule has 2 aliphatic heterocycles. The third-order valence-electron chi connectivity index (χ3n) is 11.2. The molecule has 2 aliphatic rings. The van der Waals surface area contributed by atoms with Crippen molar-refractivity contribution in [3.63, 3.8) is 0 Å². The number of benzene rings is 1. The average molecular weight is 995 g/mol. The van der Waals surface area contributed by atoms with Crippen molar-refractivity contribution in [1.29, 1.82) is 0 Å². The van der Waals surface area contributed by atoms with Crippen molar-refractivity contribution < 1.29 is 62.9 Å². The molecule has 25 heteroatoms. The number of aliphatic carboxylic acids is 1. The van der Waals surface area contributed by atoms with Crippen molar-refractivity contribution >= 4 is 80.7 Å². The molecular formula is C43H66N10O13S2. The second-order valence-electron chi connectivity index (χ2n) is 16.4. The zero-order chi connectivity index (χ0) is 50.5. The highest BCUT2D eigenvalue weighted by molar-refractivity contribution is 8.76. The van der Waals surface area contributed by atoms with E-state index in [9.17, 15) is 58.2 Å². The lowest BCUT2D eigenvalue weighted by atomic mass is 9.96. The largest absolute Gasteiger partial charge is 0.494 e. The molecular weight excluding hydrogens is 929 g/mol. The van der Waals surface area contributed by atoms with Crippen LogP contribution in [-0.2, 0) is 54.4 Å². The number of nitrogens with one attached hydrogen (secondary N) is 7. The van der Waals surface area contributed by atoms with Crippen molar-refractivity contribution in [1.82, 2.24) is 42.1 Å². The maximum Gasteiger partial charge on any atom is 0.326 e. The molecule has 9 atom stereocenters. The van der Waals surface area contributed by atoms with Crippen LogP contribution in [0.15, 0.2) is 24.3 Å². The molecule has 2 heterocycles. The lowest BCUT2D eigenvalue weighted by molar-refractivity contribution is -0.145. The Morgan fingerprint density at radius 2 is 1.57 bits per heavy atom. The molecule has 378 valence electrons. The molecule has 0 aromatic heterocycles. The molecule has 0 bridgehead atoms. The van der Waals surface area contributed by atoms with Crippen molar-refractivity contribution in [2.24, 2.45) is 17.4 Å². The Hall–Kier alpha value is -5.66. The van der Waals surface area contributed by atoms with Gasteiger partial charge in [-0.1, -0.05) is 54.0 Å². The van der Waals surface area contributed by atoms with Gasteiger partial charge in [0.2, 0.25) is 53.2 Å². The van der Waals surface area contributed by atoms with Gasteiger partial charge in [-0.3, -0.25) is 43.2 Å². The second kappa shape index (κ2) is 28.6. The van der Waals surface area contributed by atoms with Crippen LogP contribution in [0.2, 0.25) is 0 Å². The Balaban J connectivity index is 1.95. The summed E-state index contributed by atoms with van der Waals surface area (Å²) < 4.78 is 5.53. The average Bonchev–Trinajstić information content (AvgIpc) is 3.79. The molecule has 3 rings (SSSR count). The van der Waals surface area contributed by atoms with Crippen LogP contribution in [0.4, 0.5) is 0 Å². The van der Waals surface area contributed by atoms with Crippen LogP contribution in [-0.4, -0.2) is 160 Å². The van der Waals surface area contributed by atoms with Gasteiger partial charge < -0.3 is 68.5 Å². The Kier molecular flexibility index (Phi) is 23.8. The number of likely N-dealkylation sites (tertiary alicyclic amines) is 1. The van der Waals surface area contributed by atoms with Gasteiger partial charge in [-0.05, 0) is 69.7 Å². The molecule has 23 nitrogen and oxygen atoms in total. The highest BCUT2D eigenvalue weighted by Crippen LogP contribution is 2.26. The maximum atomic E-state index is 14.3. The fourth-order valence-corrected chi connectivity index (χ4v) is 9.39. The number of hydrogen-bond donors (Lipinski definition) is 11. The summed E-state index contributed by atoms with van der Waals surface area (Å²) in [5.74, 6) is -8.79. The first-order chi connectivity index (χ1) is 32.3. The van der Waals surface area contributed by atoms with Crippen LogP contribution in [0.1, 0.15) is 78.2 Å². The number of hydrogen-bond acceptors (Lipinski definition) is 15. The second-order valence-corrected chi connectivity index (χ2v) is 19.1. The number of ether oxygens (including phenoxy) is 1. The lowest BCUT2D eigenvalue weighted by Gasteiger charge is -2.30. The Morgan fingerprint density at radius 3 is 2.19 bits per heavy atom. The predicted octanol–water partition coefficient (Wildman–Crippen LogP) is -2.45. The third-order valence-corrected chi connectivity index (χ3v) is 13.6. The van der Waals surface area contributed by atoms with Gasteiger partial charge in [0.1, 0.15) is 48.0 Å². The van der Waals surface area contributed by atoms with E-state index in [-0.39, 0.29) is 50.3 Å². The van der Waals surface area contributed by atoms with Gasteiger partial charge in [0.25, 0.3) is 0 Å². The van der Waals surface area contributed by atoms with Crippen LogP contribution >= 0.6 is 21.6 Å². The predicted molar refractivity (Wildman–Crippen MR) is 251 cm³/mol. The SMILES string of the molecule is CCOc1ccc(C[C@H]2NC(=O)CCSSC[C@@H](C(=O)N3CCC[C@H]3C(=O)N[C@@H](CCCN)C(=O)NCC(N)=O)NC(=O)C[C@@H](C(=O)O)NC(=O)[C@H]([C@@H](C)O)NC(=O)[C@H]([C@@H](C)CC)NC2=O)cc1. The molecule has 1 aromatic carbocycles. The number of carboxylic acid groups (broad SMARTS) is 1. The van der Waals surface area contributed by atoms with Crippen LogP contribution < -0.4 is 53.4 Å². The van der Waals surface area contributed by atoms with E-state index in [4.69, 9.17) is 16.2 Å². The quantitative estimate of drug-likeness (QED) is 0.0722. The molecule has 0 aliphatic carbocycles. The Bertz CT molecular complexity index is 1950. The Morgan fingerprint density at radius 1 is 0.897 bits per heavy atom. The summed E-state index contributed by atoms with van der Waals surface area (Å²) in [6, 6.07) is -2.89. The van der Waals surface area contributed by atoms with Gasteiger partial charge in [0, 0.05) is 30.9 Å². The van der Waals surface area contributed by atoms with E-state index in [1.807, 2.05) is 6.92 Å². The molecule has 0 saturated carbocycles. The van der Waals surface area contributed by atoms with Gasteiger partial charge in [0.15, 0.2) is 0 Å². The summed E-state index contributed by atoms with van der Waals surface area (Å²) in [5, 5.41) is 38.3. The highest BCUT2D eigenvalue weighted by Gasteiger charge is 2.40. The van der Waals surface area contributed by atoms with Crippen LogP contribution in [0.3, 0.4) is 0 Å². The van der Waals surface area contributed by atoms with E-state index < -0.39 is 126 Å². The molecule has 0 unspecified atom stereocenters. The maximum absolute atomic E-state index is 14.3. The number of nitrogens with two attached hydrogens (primary N) is 2.